The maximum absolute atomic E-state index is 12.4. The van der Waals surface area contributed by atoms with Crippen molar-refractivity contribution in [2.24, 2.45) is 23.6 Å². The summed E-state index contributed by atoms with van der Waals surface area (Å²) in [4.78, 5) is 24.7. The van der Waals surface area contributed by atoms with Crippen LogP contribution in [0.5, 0.6) is 0 Å². The highest BCUT2D eigenvalue weighted by Crippen LogP contribution is 2.29. The molecule has 0 aliphatic rings. The summed E-state index contributed by atoms with van der Waals surface area (Å²) >= 11 is 0. The van der Waals surface area contributed by atoms with E-state index >= 15 is 0 Å². The van der Waals surface area contributed by atoms with Crippen molar-refractivity contribution in [3.63, 3.8) is 0 Å². The third kappa shape index (κ3) is 6.78. The lowest BCUT2D eigenvalue weighted by Gasteiger charge is -2.29. The fourth-order valence-corrected chi connectivity index (χ4v) is 4.18. The number of nitrogens with two attached hydrogens (primary N) is 1. The smallest absolute Gasteiger partial charge is 0.248 e. The van der Waals surface area contributed by atoms with Gasteiger partial charge in [0.25, 0.3) is 0 Å². The summed E-state index contributed by atoms with van der Waals surface area (Å²) in [5.41, 5.74) is 4.22. The van der Waals surface area contributed by atoms with E-state index in [0.717, 1.165) is 11.8 Å². The molecule has 0 saturated heterocycles. The molecule has 0 aliphatic carbocycles. The summed E-state index contributed by atoms with van der Waals surface area (Å²) < 4.78 is 24.9. The van der Waals surface area contributed by atoms with Gasteiger partial charge in [0.2, 0.25) is 11.8 Å². The zero-order chi connectivity index (χ0) is 20.6. The lowest BCUT2D eigenvalue weighted by molar-refractivity contribution is -0.140. The van der Waals surface area contributed by atoms with Gasteiger partial charge in [-0.3, -0.25) is 20.2 Å². The van der Waals surface area contributed by atoms with Crippen LogP contribution < -0.4 is 16.7 Å². The number of hydroxylamine groups is 1. The lowest BCUT2D eigenvalue weighted by atomic mass is 9.81. The van der Waals surface area contributed by atoms with Gasteiger partial charge >= 0.3 is 0 Å². The first-order chi connectivity index (χ1) is 12.6. The minimum Gasteiger partial charge on any atom is -0.294 e. The molecule has 9 heteroatoms. The number of rotatable bonds is 9. The van der Waals surface area contributed by atoms with E-state index in [1.807, 2.05) is 25.3 Å². The Labute approximate surface area is 159 Å². The van der Waals surface area contributed by atoms with Crippen molar-refractivity contribution in [2.45, 2.75) is 25.5 Å². The highest BCUT2D eigenvalue weighted by Gasteiger charge is 2.42. The Kier molecular flexibility index (Phi) is 8.61. The molecule has 8 nitrogen and oxygen atoms in total. The van der Waals surface area contributed by atoms with E-state index in [9.17, 15) is 18.0 Å². The van der Waals surface area contributed by atoms with Crippen LogP contribution >= 0.6 is 0 Å². The summed E-state index contributed by atoms with van der Waals surface area (Å²) in [6.45, 7) is 3.67. The second-order valence-electron chi connectivity index (χ2n) is 6.81. The third-order valence-corrected chi connectivity index (χ3v) is 5.62. The molecule has 0 spiro atoms. The maximum atomic E-state index is 12.4. The molecule has 1 unspecified atom stereocenters. The molecule has 150 valence electrons. The van der Waals surface area contributed by atoms with E-state index in [1.165, 1.54) is 11.6 Å². The number of hydrogen-bond acceptors (Lipinski definition) is 6. The van der Waals surface area contributed by atoms with E-state index in [0.29, 0.717) is 0 Å². The van der Waals surface area contributed by atoms with Crippen LogP contribution in [0.25, 0.3) is 6.08 Å². The number of sulfone groups is 1. The van der Waals surface area contributed by atoms with Crippen molar-refractivity contribution < 1.29 is 23.2 Å². The highest BCUT2D eigenvalue weighted by atomic mass is 32.2. The molecular formula is C18H27N3O5S. The molecule has 5 N–H and O–H groups in total. The molecule has 0 saturated carbocycles. The summed E-state index contributed by atoms with van der Waals surface area (Å²) in [7, 11) is -3.79. The van der Waals surface area contributed by atoms with Gasteiger partial charge in [0.15, 0.2) is 9.84 Å². The number of amides is 2. The van der Waals surface area contributed by atoms with Crippen LogP contribution in [0, 0.1) is 17.8 Å². The first kappa shape index (κ1) is 22.8. The van der Waals surface area contributed by atoms with Crippen LogP contribution in [0.2, 0.25) is 0 Å². The summed E-state index contributed by atoms with van der Waals surface area (Å²) in [5.74, 6) is 1.21. The van der Waals surface area contributed by atoms with Crippen LogP contribution in [0.4, 0.5) is 0 Å². The summed E-state index contributed by atoms with van der Waals surface area (Å²) in [5, 5.41) is 7.83. The third-order valence-electron chi connectivity index (χ3n) is 4.18. The van der Waals surface area contributed by atoms with Crippen molar-refractivity contribution in [2.75, 3.05) is 6.26 Å². The average Bonchev–Trinajstić information content (AvgIpc) is 2.62. The zero-order valence-electron chi connectivity index (χ0n) is 15.6. The van der Waals surface area contributed by atoms with Gasteiger partial charge in [0, 0.05) is 6.26 Å². The van der Waals surface area contributed by atoms with Gasteiger partial charge in [0.05, 0.1) is 17.1 Å². The largest absolute Gasteiger partial charge is 0.294 e. The molecule has 0 fully saturated rings. The van der Waals surface area contributed by atoms with Gasteiger partial charge in [0.1, 0.15) is 0 Å². The second-order valence-corrected chi connectivity index (χ2v) is 9.01. The van der Waals surface area contributed by atoms with Crippen molar-refractivity contribution >= 4 is 27.7 Å². The monoisotopic (exact) mass is 397 g/mol. The fraction of sp³-hybridized carbons (Fsp3) is 0.444. The maximum Gasteiger partial charge on any atom is 0.248 e. The van der Waals surface area contributed by atoms with E-state index in [2.05, 4.69) is 0 Å². The van der Waals surface area contributed by atoms with E-state index < -0.39 is 38.7 Å². The Bertz CT molecular complexity index is 762. The Balaban J connectivity index is 3.44. The Hall–Kier alpha value is -2.23. The van der Waals surface area contributed by atoms with Gasteiger partial charge in [-0.25, -0.2) is 19.7 Å². The molecule has 0 heterocycles. The Morgan fingerprint density at radius 2 is 1.78 bits per heavy atom. The molecule has 0 radical (unpaired) electrons. The average molecular weight is 397 g/mol. The Morgan fingerprint density at radius 1 is 1.19 bits per heavy atom. The number of benzene rings is 1. The van der Waals surface area contributed by atoms with Gasteiger partial charge in [-0.05, 0) is 17.9 Å². The van der Waals surface area contributed by atoms with Crippen molar-refractivity contribution in [1.29, 1.82) is 0 Å². The van der Waals surface area contributed by atoms with Crippen LogP contribution in [0.3, 0.4) is 0 Å². The SMILES string of the molecule is CC(C)C[C@@H](C(=O)NN)[C@@H](C(=O)NO)C(/C=C/c1ccccc1)S(C)(=O)=O. The van der Waals surface area contributed by atoms with E-state index in [4.69, 9.17) is 11.0 Å². The van der Waals surface area contributed by atoms with E-state index in [1.54, 1.807) is 30.3 Å². The molecule has 1 aromatic rings. The fourth-order valence-electron chi connectivity index (χ4n) is 2.97. The number of carbonyl (C=O) groups excluding carboxylic acids is 2. The van der Waals surface area contributed by atoms with Crippen LogP contribution in [-0.2, 0) is 19.4 Å². The van der Waals surface area contributed by atoms with Crippen molar-refractivity contribution in [3.8, 4) is 0 Å². The molecule has 0 aromatic heterocycles. The quantitative estimate of drug-likeness (QED) is 0.211. The molecule has 0 bridgehead atoms. The molecule has 27 heavy (non-hydrogen) atoms. The lowest BCUT2D eigenvalue weighted by Crippen LogP contribution is -2.50. The van der Waals surface area contributed by atoms with E-state index in [-0.39, 0.29) is 12.3 Å². The first-order valence-corrected chi connectivity index (χ1v) is 10.4. The van der Waals surface area contributed by atoms with Crippen molar-refractivity contribution in [3.05, 3.63) is 42.0 Å². The number of hydrogen-bond donors (Lipinski definition) is 4. The van der Waals surface area contributed by atoms with Crippen molar-refractivity contribution in [1.82, 2.24) is 10.9 Å². The second kappa shape index (κ2) is 10.2. The number of carbonyl (C=O) groups is 2. The zero-order valence-corrected chi connectivity index (χ0v) is 16.4. The Morgan fingerprint density at radius 3 is 2.22 bits per heavy atom. The van der Waals surface area contributed by atoms with Gasteiger partial charge < -0.3 is 0 Å². The molecule has 3 atom stereocenters. The molecular weight excluding hydrogens is 370 g/mol. The minimum atomic E-state index is -3.79. The first-order valence-electron chi connectivity index (χ1n) is 8.48. The van der Waals surface area contributed by atoms with Crippen LogP contribution in [0.15, 0.2) is 36.4 Å². The topological polar surface area (TPSA) is 139 Å². The summed E-state index contributed by atoms with van der Waals surface area (Å²) in [6, 6.07) is 8.94. The predicted octanol–water partition coefficient (Wildman–Crippen LogP) is 0.887. The van der Waals surface area contributed by atoms with Crippen LogP contribution in [-0.4, -0.2) is 36.9 Å². The summed E-state index contributed by atoms with van der Waals surface area (Å²) in [6.07, 6.45) is 4.13. The normalized spacial score (nSPS) is 15.3. The van der Waals surface area contributed by atoms with Gasteiger partial charge in [-0.2, -0.15) is 0 Å². The number of nitrogens with one attached hydrogen (secondary N) is 2. The minimum absolute atomic E-state index is 0.0143. The number of hydrazine groups is 1. The van der Waals surface area contributed by atoms with Crippen LogP contribution in [0.1, 0.15) is 25.8 Å². The molecule has 1 rings (SSSR count). The van der Waals surface area contributed by atoms with Gasteiger partial charge in [-0.15, -0.1) is 0 Å². The molecule has 1 aromatic carbocycles. The standard InChI is InChI=1S/C18H27N3O5S/c1-12(2)11-14(17(22)20-19)16(18(23)21-24)15(27(3,25)26)10-9-13-7-5-4-6-8-13/h4-10,12,14-16,24H,11,19H2,1-3H3,(H,20,22)(H,21,23)/b10-9+/t14-,15?,16-/m1/s1. The molecule has 2 amide bonds. The highest BCUT2D eigenvalue weighted by molar-refractivity contribution is 7.91. The predicted molar refractivity (Wildman–Crippen MR) is 103 cm³/mol. The molecule has 0 aliphatic heterocycles. The van der Waals surface area contributed by atoms with Gasteiger partial charge in [-0.1, -0.05) is 56.3 Å².